The third-order valence-corrected chi connectivity index (χ3v) is 4.23. The highest BCUT2D eigenvalue weighted by Crippen LogP contribution is 2.27. The normalized spacial score (nSPS) is 19.7. The fourth-order valence-corrected chi connectivity index (χ4v) is 2.79. The quantitative estimate of drug-likeness (QED) is 0.868. The molecule has 0 spiro atoms. The molecule has 0 radical (unpaired) electrons. The van der Waals surface area contributed by atoms with Gasteiger partial charge in [0.15, 0.2) is 0 Å². The smallest absolute Gasteiger partial charge is 0.244 e. The molecule has 3 rings (SSSR count). The summed E-state index contributed by atoms with van der Waals surface area (Å²) in [6, 6.07) is 4.95. The van der Waals surface area contributed by atoms with Gasteiger partial charge in [0.05, 0.1) is 18.2 Å². The number of halogens is 1. The molecule has 1 saturated heterocycles. The second kappa shape index (κ2) is 6.02. The van der Waals surface area contributed by atoms with E-state index in [0.717, 1.165) is 13.1 Å². The van der Waals surface area contributed by atoms with Gasteiger partial charge in [-0.1, -0.05) is 17.3 Å². The second-order valence-corrected chi connectivity index (χ2v) is 6.67. The van der Waals surface area contributed by atoms with Crippen molar-refractivity contribution in [3.05, 3.63) is 35.5 Å². The zero-order valence-corrected chi connectivity index (χ0v) is 14.0. The highest BCUT2D eigenvalue weighted by molar-refractivity contribution is 5.54. The Bertz CT molecular complexity index is 699. The van der Waals surface area contributed by atoms with Crippen molar-refractivity contribution in [3.63, 3.8) is 0 Å². The SMILES string of the molecule is Cc1ccc(-c2noc(C(C)N3CCOC(C)(C)C3)n2)cc1F. The van der Waals surface area contributed by atoms with Crippen LogP contribution in [0.2, 0.25) is 0 Å². The number of benzene rings is 1. The van der Waals surface area contributed by atoms with Crippen molar-refractivity contribution in [1.82, 2.24) is 15.0 Å². The zero-order chi connectivity index (χ0) is 16.6. The molecule has 5 nitrogen and oxygen atoms in total. The molecular weight excluding hydrogens is 297 g/mol. The van der Waals surface area contributed by atoms with E-state index in [4.69, 9.17) is 9.26 Å². The van der Waals surface area contributed by atoms with Crippen LogP contribution in [0.15, 0.2) is 22.7 Å². The molecule has 0 amide bonds. The van der Waals surface area contributed by atoms with Crippen LogP contribution in [0.25, 0.3) is 11.4 Å². The lowest BCUT2D eigenvalue weighted by atomic mass is 10.1. The number of rotatable bonds is 3. The summed E-state index contributed by atoms with van der Waals surface area (Å²) in [6.45, 7) is 10.2. The highest BCUT2D eigenvalue weighted by Gasteiger charge is 2.32. The maximum absolute atomic E-state index is 13.7. The first-order chi connectivity index (χ1) is 10.9. The van der Waals surface area contributed by atoms with E-state index in [1.165, 1.54) is 6.07 Å². The molecule has 1 aliphatic heterocycles. The Balaban J connectivity index is 1.79. The average Bonchev–Trinajstić information content (AvgIpc) is 2.98. The summed E-state index contributed by atoms with van der Waals surface area (Å²) in [5.74, 6) is 0.689. The third-order valence-electron chi connectivity index (χ3n) is 4.23. The number of hydrogen-bond donors (Lipinski definition) is 0. The fraction of sp³-hybridized carbons (Fsp3) is 0.529. The van der Waals surface area contributed by atoms with Crippen molar-refractivity contribution in [2.75, 3.05) is 19.7 Å². The molecule has 6 heteroatoms. The molecule has 2 heterocycles. The summed E-state index contributed by atoms with van der Waals surface area (Å²) in [5.41, 5.74) is 1.04. The van der Waals surface area contributed by atoms with Crippen molar-refractivity contribution >= 4 is 0 Å². The minimum atomic E-state index is -0.267. The third kappa shape index (κ3) is 3.43. The summed E-state index contributed by atoms with van der Waals surface area (Å²) < 4.78 is 24.8. The average molecular weight is 319 g/mol. The van der Waals surface area contributed by atoms with Crippen LogP contribution in [0.5, 0.6) is 0 Å². The molecule has 2 aromatic rings. The first kappa shape index (κ1) is 16.1. The monoisotopic (exact) mass is 319 g/mol. The minimum Gasteiger partial charge on any atom is -0.373 e. The van der Waals surface area contributed by atoms with Gasteiger partial charge in [-0.25, -0.2) is 4.39 Å². The minimum absolute atomic E-state index is 0.00489. The molecule has 0 saturated carbocycles. The van der Waals surface area contributed by atoms with Gasteiger partial charge in [0.1, 0.15) is 5.82 Å². The van der Waals surface area contributed by atoms with Crippen LogP contribution in [0, 0.1) is 12.7 Å². The molecule has 0 N–H and O–H groups in total. The van der Waals surface area contributed by atoms with Crippen molar-refractivity contribution in [2.24, 2.45) is 0 Å². The van der Waals surface area contributed by atoms with Crippen molar-refractivity contribution in [2.45, 2.75) is 39.3 Å². The highest BCUT2D eigenvalue weighted by atomic mass is 19.1. The van der Waals surface area contributed by atoms with Gasteiger partial charge in [-0.05, 0) is 39.3 Å². The van der Waals surface area contributed by atoms with Crippen molar-refractivity contribution in [1.29, 1.82) is 0 Å². The van der Waals surface area contributed by atoms with Gasteiger partial charge in [0, 0.05) is 18.7 Å². The van der Waals surface area contributed by atoms with E-state index in [1.54, 1.807) is 19.1 Å². The lowest BCUT2D eigenvalue weighted by molar-refractivity contribution is -0.0983. The number of nitrogens with zero attached hydrogens (tertiary/aromatic N) is 3. The van der Waals surface area contributed by atoms with Gasteiger partial charge < -0.3 is 9.26 Å². The summed E-state index contributed by atoms with van der Waals surface area (Å²) in [5, 5.41) is 4.00. The van der Waals surface area contributed by atoms with E-state index >= 15 is 0 Å². The summed E-state index contributed by atoms with van der Waals surface area (Å²) >= 11 is 0. The van der Waals surface area contributed by atoms with Crippen molar-refractivity contribution < 1.29 is 13.7 Å². The van der Waals surface area contributed by atoms with Crippen LogP contribution in [0.3, 0.4) is 0 Å². The molecule has 1 aromatic carbocycles. The number of aromatic nitrogens is 2. The van der Waals surface area contributed by atoms with Gasteiger partial charge in [-0.15, -0.1) is 0 Å². The maximum Gasteiger partial charge on any atom is 0.244 e. The first-order valence-electron chi connectivity index (χ1n) is 7.84. The van der Waals surface area contributed by atoms with E-state index in [1.807, 2.05) is 6.92 Å². The van der Waals surface area contributed by atoms with Crippen LogP contribution < -0.4 is 0 Å². The molecule has 1 aromatic heterocycles. The summed E-state index contributed by atoms with van der Waals surface area (Å²) in [6.07, 6.45) is 0. The summed E-state index contributed by atoms with van der Waals surface area (Å²) in [7, 11) is 0. The number of ether oxygens (including phenoxy) is 1. The van der Waals surface area contributed by atoms with Crippen LogP contribution in [0.1, 0.15) is 38.3 Å². The first-order valence-corrected chi connectivity index (χ1v) is 7.84. The van der Waals surface area contributed by atoms with Crippen molar-refractivity contribution in [3.8, 4) is 11.4 Å². The Morgan fingerprint density at radius 1 is 1.35 bits per heavy atom. The standard InChI is InChI=1S/C17H22FN3O2/c1-11-5-6-13(9-14(11)18)15-19-16(23-20-15)12(2)21-7-8-22-17(3,4)10-21/h5-6,9,12H,7-8,10H2,1-4H3. The molecule has 1 aliphatic rings. The predicted molar refractivity (Wildman–Crippen MR) is 84.4 cm³/mol. The topological polar surface area (TPSA) is 51.4 Å². The van der Waals surface area contributed by atoms with E-state index in [2.05, 4.69) is 28.9 Å². The largest absolute Gasteiger partial charge is 0.373 e. The molecule has 1 fully saturated rings. The molecule has 0 bridgehead atoms. The second-order valence-electron chi connectivity index (χ2n) is 6.67. The predicted octanol–water partition coefficient (Wildman–Crippen LogP) is 3.36. The lowest BCUT2D eigenvalue weighted by Gasteiger charge is -2.40. The van der Waals surface area contributed by atoms with Gasteiger partial charge in [-0.2, -0.15) is 4.98 Å². The molecule has 124 valence electrons. The molecule has 1 unspecified atom stereocenters. The Morgan fingerprint density at radius 2 is 2.13 bits per heavy atom. The Labute approximate surface area is 135 Å². The molecular formula is C17H22FN3O2. The van der Waals surface area contributed by atoms with Crippen LogP contribution in [0.4, 0.5) is 4.39 Å². The maximum atomic E-state index is 13.7. The fourth-order valence-electron chi connectivity index (χ4n) is 2.79. The number of hydrogen-bond acceptors (Lipinski definition) is 5. The zero-order valence-electron chi connectivity index (χ0n) is 14.0. The lowest BCUT2D eigenvalue weighted by Crippen LogP contribution is -2.49. The van der Waals surface area contributed by atoms with E-state index in [-0.39, 0.29) is 17.5 Å². The van der Waals surface area contributed by atoms with Gasteiger partial charge in [0.25, 0.3) is 0 Å². The number of morpholine rings is 1. The van der Waals surface area contributed by atoms with Crippen LogP contribution >= 0.6 is 0 Å². The summed E-state index contributed by atoms with van der Waals surface area (Å²) in [4.78, 5) is 6.71. The van der Waals surface area contributed by atoms with Crippen LogP contribution in [-0.4, -0.2) is 40.3 Å². The Hall–Kier alpha value is -1.79. The Kier molecular flexibility index (Phi) is 4.21. The van der Waals surface area contributed by atoms with E-state index in [9.17, 15) is 4.39 Å². The molecule has 0 aliphatic carbocycles. The van der Waals surface area contributed by atoms with Gasteiger partial charge in [0.2, 0.25) is 11.7 Å². The number of aryl methyl sites for hydroxylation is 1. The molecule has 23 heavy (non-hydrogen) atoms. The Morgan fingerprint density at radius 3 is 2.83 bits per heavy atom. The van der Waals surface area contributed by atoms with Gasteiger partial charge >= 0.3 is 0 Å². The molecule has 1 atom stereocenters. The van der Waals surface area contributed by atoms with Gasteiger partial charge in [-0.3, -0.25) is 4.90 Å². The van der Waals surface area contributed by atoms with Crippen LogP contribution in [-0.2, 0) is 4.74 Å². The van der Waals surface area contributed by atoms with E-state index in [0.29, 0.717) is 29.4 Å². The van der Waals surface area contributed by atoms with E-state index < -0.39 is 0 Å².